The van der Waals surface area contributed by atoms with E-state index in [9.17, 15) is 14.4 Å². The van der Waals surface area contributed by atoms with E-state index in [0.717, 1.165) is 28.7 Å². The number of carbonyl (C=O) groups excluding carboxylic acids is 3. The number of benzene rings is 2. The van der Waals surface area contributed by atoms with E-state index < -0.39 is 12.1 Å². The predicted octanol–water partition coefficient (Wildman–Crippen LogP) is 3.13. The molecule has 4 rings (SSSR count). The molecule has 0 aliphatic carbocycles. The van der Waals surface area contributed by atoms with Crippen LogP contribution in [-0.4, -0.2) is 47.1 Å². The maximum absolute atomic E-state index is 12.7. The van der Waals surface area contributed by atoms with Crippen LogP contribution in [0.2, 0.25) is 0 Å². The number of imide groups is 1. The standard InChI is InChI=1S/C24H26N4O4/c1-32-15-14-27-13-12-18-19(8-5-9-21(18)27)25-22(29)11-10-20-23(30)28(24(31)26-20)16-17-6-3-2-4-7-17/h2-9,12-13,20H,10-11,14-16H2,1H3,(H,25,29)(H,26,31)/t20-/m0/s1. The summed E-state index contributed by atoms with van der Waals surface area (Å²) in [5, 5.41) is 6.56. The molecule has 0 radical (unpaired) electrons. The second-order valence-corrected chi connectivity index (χ2v) is 7.74. The Morgan fingerprint density at radius 3 is 2.69 bits per heavy atom. The number of fused-ring (bicyclic) bond motifs is 1. The van der Waals surface area contributed by atoms with Crippen molar-refractivity contribution in [3.05, 3.63) is 66.4 Å². The van der Waals surface area contributed by atoms with E-state index >= 15 is 0 Å². The van der Waals surface area contributed by atoms with Gasteiger partial charge in [0.05, 0.1) is 24.4 Å². The average molecular weight is 434 g/mol. The normalized spacial score (nSPS) is 15.9. The molecule has 0 unspecified atom stereocenters. The number of nitrogens with zero attached hydrogens (tertiary/aromatic N) is 2. The maximum Gasteiger partial charge on any atom is 0.325 e. The van der Waals surface area contributed by atoms with Crippen LogP contribution in [0.1, 0.15) is 18.4 Å². The number of hydrogen-bond acceptors (Lipinski definition) is 4. The van der Waals surface area contributed by atoms with Gasteiger partial charge in [-0.2, -0.15) is 0 Å². The first-order valence-electron chi connectivity index (χ1n) is 10.6. The van der Waals surface area contributed by atoms with Crippen molar-refractivity contribution < 1.29 is 19.1 Å². The van der Waals surface area contributed by atoms with Crippen molar-refractivity contribution in [3.63, 3.8) is 0 Å². The summed E-state index contributed by atoms with van der Waals surface area (Å²) < 4.78 is 7.22. The van der Waals surface area contributed by atoms with Gasteiger partial charge in [0.2, 0.25) is 5.91 Å². The minimum absolute atomic E-state index is 0.122. The lowest BCUT2D eigenvalue weighted by molar-refractivity contribution is -0.128. The van der Waals surface area contributed by atoms with E-state index in [0.29, 0.717) is 6.61 Å². The first kappa shape index (κ1) is 21.6. The molecule has 1 atom stereocenters. The van der Waals surface area contributed by atoms with Gasteiger partial charge in [-0.1, -0.05) is 36.4 Å². The fourth-order valence-electron chi connectivity index (χ4n) is 3.89. The van der Waals surface area contributed by atoms with Crippen LogP contribution < -0.4 is 10.6 Å². The summed E-state index contributed by atoms with van der Waals surface area (Å²) in [5.74, 6) is -0.505. The molecule has 0 saturated carbocycles. The number of carbonyl (C=O) groups is 3. The van der Waals surface area contributed by atoms with Gasteiger partial charge in [-0.15, -0.1) is 0 Å². The first-order chi connectivity index (χ1) is 15.6. The van der Waals surface area contributed by atoms with Crippen LogP contribution in [0, 0.1) is 0 Å². The monoisotopic (exact) mass is 434 g/mol. The minimum atomic E-state index is -0.692. The molecule has 0 bridgehead atoms. The summed E-state index contributed by atoms with van der Waals surface area (Å²) in [6.45, 7) is 1.54. The van der Waals surface area contributed by atoms with Gasteiger partial charge in [0, 0.05) is 31.7 Å². The smallest absolute Gasteiger partial charge is 0.325 e. The van der Waals surface area contributed by atoms with Gasteiger partial charge in [0.1, 0.15) is 6.04 Å². The third kappa shape index (κ3) is 4.65. The van der Waals surface area contributed by atoms with Crippen LogP contribution in [0.5, 0.6) is 0 Å². The molecule has 8 nitrogen and oxygen atoms in total. The second-order valence-electron chi connectivity index (χ2n) is 7.74. The molecular weight excluding hydrogens is 408 g/mol. The predicted molar refractivity (Wildman–Crippen MR) is 121 cm³/mol. The Labute approximate surface area is 186 Å². The number of amides is 4. The van der Waals surface area contributed by atoms with Crippen LogP contribution in [0.3, 0.4) is 0 Å². The van der Waals surface area contributed by atoms with Crippen molar-refractivity contribution in [1.82, 2.24) is 14.8 Å². The Morgan fingerprint density at radius 1 is 1.09 bits per heavy atom. The molecule has 2 heterocycles. The van der Waals surface area contributed by atoms with E-state index in [1.54, 1.807) is 7.11 Å². The van der Waals surface area contributed by atoms with Crippen LogP contribution in [0.25, 0.3) is 10.9 Å². The number of nitrogens with one attached hydrogen (secondary N) is 2. The van der Waals surface area contributed by atoms with Crippen molar-refractivity contribution in [2.75, 3.05) is 19.0 Å². The van der Waals surface area contributed by atoms with E-state index in [2.05, 4.69) is 15.2 Å². The van der Waals surface area contributed by atoms with E-state index in [-0.39, 0.29) is 31.2 Å². The van der Waals surface area contributed by atoms with Gasteiger partial charge >= 0.3 is 6.03 Å². The maximum atomic E-state index is 12.7. The largest absolute Gasteiger partial charge is 0.383 e. The zero-order chi connectivity index (χ0) is 22.5. The van der Waals surface area contributed by atoms with Gasteiger partial charge < -0.3 is 19.9 Å². The van der Waals surface area contributed by atoms with Crippen LogP contribution in [-0.2, 0) is 27.4 Å². The number of rotatable bonds is 9. The summed E-state index contributed by atoms with van der Waals surface area (Å²) in [7, 11) is 1.66. The number of urea groups is 1. The summed E-state index contributed by atoms with van der Waals surface area (Å²) >= 11 is 0. The van der Waals surface area contributed by atoms with Crippen molar-refractivity contribution in [2.45, 2.75) is 32.0 Å². The SMILES string of the molecule is COCCn1ccc2c(NC(=O)CC[C@@H]3NC(=O)N(Cc4ccccc4)C3=O)cccc21. The molecule has 4 amide bonds. The van der Waals surface area contributed by atoms with Gasteiger partial charge in [0.25, 0.3) is 5.91 Å². The number of methoxy groups -OCH3 is 1. The molecule has 1 aromatic heterocycles. The Hall–Kier alpha value is -3.65. The van der Waals surface area contributed by atoms with Crippen molar-refractivity contribution in [2.24, 2.45) is 0 Å². The Balaban J connectivity index is 1.35. The highest BCUT2D eigenvalue weighted by atomic mass is 16.5. The van der Waals surface area contributed by atoms with Gasteiger partial charge in [-0.05, 0) is 30.2 Å². The van der Waals surface area contributed by atoms with Crippen LogP contribution in [0.4, 0.5) is 10.5 Å². The number of hydrogen-bond donors (Lipinski definition) is 2. The van der Waals surface area contributed by atoms with Gasteiger partial charge in [0.15, 0.2) is 0 Å². The number of aromatic nitrogens is 1. The average Bonchev–Trinajstić information content (AvgIpc) is 3.33. The molecule has 1 aliphatic heterocycles. The second kappa shape index (κ2) is 9.65. The molecule has 1 saturated heterocycles. The molecular formula is C24H26N4O4. The summed E-state index contributed by atoms with van der Waals surface area (Å²) in [4.78, 5) is 38.7. The molecule has 1 fully saturated rings. The zero-order valence-electron chi connectivity index (χ0n) is 17.9. The summed E-state index contributed by atoms with van der Waals surface area (Å²) in [6, 6.07) is 15.9. The highest BCUT2D eigenvalue weighted by molar-refractivity contribution is 6.05. The molecule has 166 valence electrons. The third-order valence-corrected chi connectivity index (χ3v) is 5.57. The highest BCUT2D eigenvalue weighted by Crippen LogP contribution is 2.25. The molecule has 3 aromatic rings. The Morgan fingerprint density at radius 2 is 1.91 bits per heavy atom. The van der Waals surface area contributed by atoms with Crippen molar-refractivity contribution in [3.8, 4) is 0 Å². The lowest BCUT2D eigenvalue weighted by Crippen LogP contribution is -2.31. The number of ether oxygens (including phenoxy) is 1. The third-order valence-electron chi connectivity index (χ3n) is 5.57. The fraction of sp³-hybridized carbons (Fsp3) is 0.292. The highest BCUT2D eigenvalue weighted by Gasteiger charge is 2.37. The molecule has 2 N–H and O–H groups in total. The lowest BCUT2D eigenvalue weighted by Gasteiger charge is -2.13. The molecule has 2 aromatic carbocycles. The lowest BCUT2D eigenvalue weighted by atomic mass is 10.1. The molecule has 1 aliphatic rings. The van der Waals surface area contributed by atoms with Crippen LogP contribution >= 0.6 is 0 Å². The molecule has 8 heteroatoms. The molecule has 32 heavy (non-hydrogen) atoms. The van der Waals surface area contributed by atoms with Crippen molar-refractivity contribution in [1.29, 1.82) is 0 Å². The summed E-state index contributed by atoms with van der Waals surface area (Å²) in [6.07, 6.45) is 2.33. The minimum Gasteiger partial charge on any atom is -0.383 e. The Kier molecular flexibility index (Phi) is 6.51. The number of anilines is 1. The Bertz CT molecular complexity index is 1130. The topological polar surface area (TPSA) is 92.7 Å². The van der Waals surface area contributed by atoms with Gasteiger partial charge in [-0.25, -0.2) is 4.79 Å². The molecule has 0 spiro atoms. The fourth-order valence-corrected chi connectivity index (χ4v) is 3.89. The first-order valence-corrected chi connectivity index (χ1v) is 10.6. The quantitative estimate of drug-likeness (QED) is 0.506. The van der Waals surface area contributed by atoms with E-state index in [4.69, 9.17) is 4.74 Å². The van der Waals surface area contributed by atoms with E-state index in [1.807, 2.05) is 60.8 Å². The van der Waals surface area contributed by atoms with Crippen LogP contribution in [0.15, 0.2) is 60.8 Å². The van der Waals surface area contributed by atoms with Crippen molar-refractivity contribution >= 4 is 34.4 Å². The zero-order valence-corrected chi connectivity index (χ0v) is 17.9. The van der Waals surface area contributed by atoms with Gasteiger partial charge in [-0.3, -0.25) is 14.5 Å². The van der Waals surface area contributed by atoms with E-state index in [1.165, 1.54) is 4.90 Å². The summed E-state index contributed by atoms with van der Waals surface area (Å²) in [5.41, 5.74) is 2.60.